The molecule has 2 fully saturated rings. The van der Waals surface area contributed by atoms with Crippen LogP contribution in [0.15, 0.2) is 85.1 Å². The number of nitrogens with two attached hydrogens (primary N) is 1. The maximum absolute atomic E-state index is 13.2. The molecule has 19 atom stereocenters. The van der Waals surface area contributed by atoms with Crippen LogP contribution >= 0.6 is 0 Å². The molecule has 0 saturated carbocycles. The van der Waals surface area contributed by atoms with E-state index in [0.717, 1.165) is 0 Å². The average molecular weight is 937 g/mol. The van der Waals surface area contributed by atoms with Gasteiger partial charge >= 0.3 is 5.97 Å². The number of rotatable bonds is 3. The van der Waals surface area contributed by atoms with Crippen LogP contribution in [0.4, 0.5) is 0 Å². The molecule has 0 unspecified atom stereocenters. The van der Waals surface area contributed by atoms with Gasteiger partial charge in [0.05, 0.1) is 85.5 Å². The van der Waals surface area contributed by atoms with Gasteiger partial charge in [0.15, 0.2) is 12.1 Å². The summed E-state index contributed by atoms with van der Waals surface area (Å²) in [7, 11) is 1.37. The van der Waals surface area contributed by atoms with E-state index in [9.17, 15) is 60.7 Å². The molecule has 3 aliphatic rings. The van der Waals surface area contributed by atoms with Gasteiger partial charge in [0.25, 0.3) is 0 Å². The molecule has 18 heteroatoms. The van der Waals surface area contributed by atoms with Gasteiger partial charge in [-0.15, -0.1) is 0 Å². The lowest BCUT2D eigenvalue weighted by Crippen LogP contribution is -2.62. The van der Waals surface area contributed by atoms with Crippen molar-refractivity contribution in [2.75, 3.05) is 7.05 Å². The summed E-state index contributed by atoms with van der Waals surface area (Å²) in [4.78, 5) is 25.8. The Hall–Kier alpha value is -3.44. The monoisotopic (exact) mass is 937 g/mol. The van der Waals surface area contributed by atoms with E-state index in [2.05, 4.69) is 5.32 Å². The van der Waals surface area contributed by atoms with E-state index in [1.165, 1.54) is 7.05 Å². The maximum Gasteiger partial charge on any atom is 0.308 e. The molecule has 66 heavy (non-hydrogen) atoms. The highest BCUT2D eigenvalue weighted by Crippen LogP contribution is 2.38. The molecular weight excluding hydrogens is 861 g/mol. The third kappa shape index (κ3) is 18.6. The van der Waals surface area contributed by atoms with Crippen molar-refractivity contribution in [1.82, 2.24) is 5.32 Å². The Morgan fingerprint density at radius 1 is 0.682 bits per heavy atom. The summed E-state index contributed by atoms with van der Waals surface area (Å²) in [6, 6.07) is -1.12. The van der Waals surface area contributed by atoms with Gasteiger partial charge in [-0.25, -0.2) is 0 Å². The zero-order valence-electron chi connectivity index (χ0n) is 38.6. The van der Waals surface area contributed by atoms with Crippen molar-refractivity contribution in [3.8, 4) is 0 Å². The van der Waals surface area contributed by atoms with Gasteiger partial charge in [-0.2, -0.15) is 0 Å². The standard InChI is InChI=1S/C48H76N2O16/c1-28-18-16-14-12-10-8-6-7-9-11-13-15-17-19-35(65-47-45(60)42(49)44(59)31(4)64-47)25-39-41(46(61)50-5)38(56)27-48(62,66-39)26-34(53)23-37(55)36(54)21-20-32(51)22-33(52)24-40(57)63-30(3)29(2)43(28)58/h6-19,28-39,41-45,47,51-56,58-60,62H,20-27,49H2,1-5H3,(H,50,61)/b7-6+,10-8+,11-9+,14-12+,15-13+,18-16+,19-17+/t28-,29-,30-,31+,32+,33+,34-,35-,36+,37+,38-,39-,41+,42-,43+,44+,45-,47-,48+/m0/s1. The molecule has 3 heterocycles. The molecule has 374 valence electrons. The van der Waals surface area contributed by atoms with Crippen LogP contribution in [0, 0.1) is 17.8 Å². The first-order valence-corrected chi connectivity index (χ1v) is 22.8. The summed E-state index contributed by atoms with van der Waals surface area (Å²) in [6.07, 6.45) is 4.99. The first-order chi connectivity index (χ1) is 31.2. The van der Waals surface area contributed by atoms with Crippen LogP contribution in [-0.4, -0.2) is 167 Å². The van der Waals surface area contributed by atoms with Crippen LogP contribution < -0.4 is 11.1 Å². The highest BCUT2D eigenvalue weighted by Gasteiger charge is 2.50. The molecule has 3 rings (SSSR count). The number of amides is 1. The fraction of sp³-hybridized carbons (Fsp3) is 0.667. The van der Waals surface area contributed by atoms with Gasteiger partial charge in [-0.3, -0.25) is 9.59 Å². The molecule has 0 aromatic rings. The van der Waals surface area contributed by atoms with Crippen molar-refractivity contribution >= 4 is 11.9 Å². The van der Waals surface area contributed by atoms with E-state index in [0.29, 0.717) is 0 Å². The number of ether oxygens (including phenoxy) is 4. The number of hydrogen-bond donors (Lipinski definition) is 12. The van der Waals surface area contributed by atoms with Gasteiger partial charge in [0.1, 0.15) is 12.2 Å². The fourth-order valence-electron chi connectivity index (χ4n) is 8.16. The molecule has 0 radical (unpaired) electrons. The van der Waals surface area contributed by atoms with Crippen LogP contribution in [0.1, 0.15) is 79.1 Å². The zero-order valence-corrected chi connectivity index (χ0v) is 38.6. The van der Waals surface area contributed by atoms with Gasteiger partial charge in [0, 0.05) is 44.6 Å². The van der Waals surface area contributed by atoms with Crippen molar-refractivity contribution < 1.29 is 79.6 Å². The quantitative estimate of drug-likeness (QED) is 0.170. The van der Waals surface area contributed by atoms with E-state index < -0.39 is 147 Å². The smallest absolute Gasteiger partial charge is 0.308 e. The number of nitrogens with one attached hydrogen (secondary N) is 1. The lowest BCUT2D eigenvalue weighted by atomic mass is 9.82. The summed E-state index contributed by atoms with van der Waals surface area (Å²) in [5.41, 5.74) is 6.06. The highest BCUT2D eigenvalue weighted by atomic mass is 16.7. The van der Waals surface area contributed by atoms with Crippen molar-refractivity contribution in [1.29, 1.82) is 0 Å². The molecule has 2 bridgehead atoms. The first kappa shape index (κ1) is 56.9. The molecule has 18 nitrogen and oxygen atoms in total. The number of carbonyl (C=O) groups is 2. The van der Waals surface area contributed by atoms with E-state index in [-0.39, 0.29) is 31.6 Å². The van der Waals surface area contributed by atoms with Gasteiger partial charge in [-0.1, -0.05) is 98.9 Å². The van der Waals surface area contributed by atoms with Crippen LogP contribution in [0.5, 0.6) is 0 Å². The number of allylic oxidation sites excluding steroid dienone is 12. The Balaban J connectivity index is 1.88. The second kappa shape index (κ2) is 28.1. The zero-order chi connectivity index (χ0) is 49.1. The van der Waals surface area contributed by atoms with Crippen molar-refractivity contribution in [2.24, 2.45) is 23.5 Å². The predicted molar refractivity (Wildman–Crippen MR) is 243 cm³/mol. The largest absolute Gasteiger partial charge is 0.462 e. The van der Waals surface area contributed by atoms with Crippen molar-refractivity contribution in [2.45, 2.75) is 177 Å². The highest BCUT2D eigenvalue weighted by molar-refractivity contribution is 5.79. The summed E-state index contributed by atoms with van der Waals surface area (Å²) in [6.45, 7) is 6.79. The SMILES string of the molecule is CNC(=O)[C@H]1[C@@H]2C[C@@H](O[C@@H]3O[C@H](C)[C@@H](O)[C@H](N)[C@@H]3O)/C=C/C=C/C=C/C=C/C=C/C=C/C=C/[C@H](C)[C@@H](O)[C@@H](C)[C@H](C)OC(=O)C[C@H](O)C[C@H](O)CC[C@@H](O)[C@H](O)C[C@H](O)C[C@](O)(C[C@@H]1O)O2. The summed E-state index contributed by atoms with van der Waals surface area (Å²) in [5, 5.41) is 111. The molecule has 13 N–H and O–H groups in total. The van der Waals surface area contributed by atoms with E-state index in [4.69, 9.17) is 24.7 Å². The lowest BCUT2D eigenvalue weighted by molar-refractivity contribution is -0.307. The molecule has 0 aromatic carbocycles. The minimum Gasteiger partial charge on any atom is -0.462 e. The van der Waals surface area contributed by atoms with Crippen LogP contribution in [-0.2, 0) is 28.5 Å². The fourth-order valence-corrected chi connectivity index (χ4v) is 8.16. The molecule has 0 spiro atoms. The summed E-state index contributed by atoms with van der Waals surface area (Å²) < 4.78 is 23.5. The van der Waals surface area contributed by atoms with E-state index in [1.54, 1.807) is 69.4 Å². The number of esters is 1. The Morgan fingerprint density at radius 3 is 1.85 bits per heavy atom. The first-order valence-electron chi connectivity index (χ1n) is 22.8. The van der Waals surface area contributed by atoms with Crippen molar-refractivity contribution in [3.05, 3.63) is 85.1 Å². The Morgan fingerprint density at radius 2 is 1.26 bits per heavy atom. The lowest BCUT2D eigenvalue weighted by Gasteiger charge is -2.46. The molecule has 1 amide bonds. The van der Waals surface area contributed by atoms with Gasteiger partial charge in [-0.05, 0) is 33.1 Å². The molecule has 3 aliphatic heterocycles. The number of cyclic esters (lactones) is 1. The Labute approximate surface area is 388 Å². The topological polar surface area (TPSA) is 311 Å². The minimum atomic E-state index is -2.24. The van der Waals surface area contributed by atoms with E-state index >= 15 is 0 Å². The molecule has 0 aromatic heterocycles. The number of carbonyl (C=O) groups excluding carboxylic acids is 2. The van der Waals surface area contributed by atoms with Crippen LogP contribution in [0.3, 0.4) is 0 Å². The van der Waals surface area contributed by atoms with Gasteiger partial charge in [0.2, 0.25) is 5.91 Å². The van der Waals surface area contributed by atoms with E-state index in [1.807, 2.05) is 43.4 Å². The van der Waals surface area contributed by atoms with Gasteiger partial charge < -0.3 is 81.1 Å². The second-order valence-corrected chi connectivity index (χ2v) is 17.8. The number of hydrogen-bond acceptors (Lipinski definition) is 17. The summed E-state index contributed by atoms with van der Waals surface area (Å²) >= 11 is 0. The maximum atomic E-state index is 13.2. The average Bonchev–Trinajstić information content (AvgIpc) is 3.24. The number of aliphatic hydroxyl groups excluding tert-OH is 9. The molecular formula is C48H76N2O16. The van der Waals surface area contributed by atoms with Crippen molar-refractivity contribution in [3.63, 3.8) is 0 Å². The third-order valence-corrected chi connectivity index (χ3v) is 12.3. The predicted octanol–water partition coefficient (Wildman–Crippen LogP) is 0.373. The second-order valence-electron chi connectivity index (χ2n) is 17.8. The number of aliphatic hydroxyl groups is 10. The third-order valence-electron chi connectivity index (χ3n) is 12.3. The molecule has 2 saturated heterocycles. The number of fused-ring (bicyclic) bond motifs is 2. The van der Waals surface area contributed by atoms with Crippen LogP contribution in [0.25, 0.3) is 0 Å². The Bertz CT molecular complexity index is 1690. The normalized spacial score (nSPS) is 44.9. The van der Waals surface area contributed by atoms with Crippen LogP contribution in [0.2, 0.25) is 0 Å². The minimum absolute atomic E-state index is 0.0890. The Kier molecular flexibility index (Phi) is 24.3. The summed E-state index contributed by atoms with van der Waals surface area (Å²) in [5.74, 6) is -5.54. The molecule has 0 aliphatic carbocycles.